The first-order valence-electron chi connectivity index (χ1n) is 6.08. The van der Waals surface area contributed by atoms with Crippen LogP contribution in [0.5, 0.6) is 0 Å². The van der Waals surface area contributed by atoms with Crippen LogP contribution in [-0.4, -0.2) is 6.29 Å². The standard InChI is InChI=1S/C15H15BrO2/c1-2-3-4-11-5-7-13(14(16)9-11)15-8-6-12(10-17)18-15/h5-10H,2-4H2,1H3. The third-order valence-corrected chi connectivity index (χ3v) is 3.52. The van der Waals surface area contributed by atoms with E-state index in [0.29, 0.717) is 17.8 Å². The molecule has 0 radical (unpaired) electrons. The quantitative estimate of drug-likeness (QED) is 0.738. The summed E-state index contributed by atoms with van der Waals surface area (Å²) in [6, 6.07) is 9.75. The molecule has 0 spiro atoms. The Labute approximate surface area is 115 Å². The molecule has 3 heteroatoms. The Morgan fingerprint density at radius 1 is 1.28 bits per heavy atom. The van der Waals surface area contributed by atoms with E-state index >= 15 is 0 Å². The minimum absolute atomic E-state index is 0.354. The molecule has 2 rings (SSSR count). The van der Waals surface area contributed by atoms with Crippen LogP contribution >= 0.6 is 15.9 Å². The molecule has 1 heterocycles. The fourth-order valence-corrected chi connectivity index (χ4v) is 2.48. The number of carbonyl (C=O) groups is 1. The molecule has 1 aromatic carbocycles. The summed E-state index contributed by atoms with van der Waals surface area (Å²) in [6.07, 6.45) is 4.20. The van der Waals surface area contributed by atoms with Gasteiger partial charge in [0.1, 0.15) is 5.76 Å². The summed E-state index contributed by atoms with van der Waals surface area (Å²) in [4.78, 5) is 10.6. The van der Waals surface area contributed by atoms with Gasteiger partial charge in [-0.1, -0.05) is 35.3 Å². The van der Waals surface area contributed by atoms with E-state index in [-0.39, 0.29) is 0 Å². The van der Waals surface area contributed by atoms with Crippen LogP contribution in [0.15, 0.2) is 39.2 Å². The molecule has 0 amide bonds. The Kier molecular flexibility index (Phi) is 4.37. The van der Waals surface area contributed by atoms with E-state index in [1.54, 1.807) is 6.07 Å². The highest BCUT2D eigenvalue weighted by Crippen LogP contribution is 2.30. The molecule has 0 aliphatic rings. The summed E-state index contributed by atoms with van der Waals surface area (Å²) in [5, 5.41) is 0. The van der Waals surface area contributed by atoms with E-state index in [1.807, 2.05) is 12.1 Å². The molecule has 0 aliphatic heterocycles. The van der Waals surface area contributed by atoms with E-state index in [1.165, 1.54) is 18.4 Å². The van der Waals surface area contributed by atoms with Crippen LogP contribution in [0.1, 0.15) is 35.9 Å². The Bertz CT molecular complexity index is 543. The fraction of sp³-hybridized carbons (Fsp3) is 0.267. The predicted molar refractivity (Wildman–Crippen MR) is 75.8 cm³/mol. The molecule has 0 aliphatic carbocycles. The number of halogens is 1. The van der Waals surface area contributed by atoms with Gasteiger partial charge < -0.3 is 4.42 Å². The van der Waals surface area contributed by atoms with Crippen LogP contribution in [0.25, 0.3) is 11.3 Å². The van der Waals surface area contributed by atoms with Gasteiger partial charge in [-0.2, -0.15) is 0 Å². The van der Waals surface area contributed by atoms with Crippen LogP contribution in [0.4, 0.5) is 0 Å². The Hall–Kier alpha value is -1.35. The summed E-state index contributed by atoms with van der Waals surface area (Å²) in [5.41, 5.74) is 2.29. The van der Waals surface area contributed by atoms with Crippen molar-refractivity contribution < 1.29 is 9.21 Å². The number of benzene rings is 1. The second kappa shape index (κ2) is 6.01. The molecule has 0 atom stereocenters. The maximum Gasteiger partial charge on any atom is 0.185 e. The third kappa shape index (κ3) is 2.91. The molecule has 0 saturated carbocycles. The Morgan fingerprint density at radius 2 is 2.11 bits per heavy atom. The lowest BCUT2D eigenvalue weighted by molar-refractivity contribution is 0.110. The van der Waals surface area contributed by atoms with Crippen molar-refractivity contribution in [3.8, 4) is 11.3 Å². The number of aryl methyl sites for hydroxylation is 1. The fourth-order valence-electron chi connectivity index (χ4n) is 1.86. The van der Waals surface area contributed by atoms with Gasteiger partial charge >= 0.3 is 0 Å². The first-order chi connectivity index (χ1) is 8.74. The van der Waals surface area contributed by atoms with Gasteiger partial charge in [-0.25, -0.2) is 0 Å². The molecule has 0 N–H and O–H groups in total. The Morgan fingerprint density at radius 3 is 2.72 bits per heavy atom. The summed E-state index contributed by atoms with van der Waals surface area (Å²) in [5.74, 6) is 1.07. The second-order valence-electron chi connectivity index (χ2n) is 4.24. The van der Waals surface area contributed by atoms with E-state index in [0.717, 1.165) is 16.5 Å². The molecule has 2 nitrogen and oxygen atoms in total. The molecular formula is C15H15BrO2. The number of hydrogen-bond donors (Lipinski definition) is 0. The molecule has 2 aromatic rings. The van der Waals surface area contributed by atoms with E-state index in [4.69, 9.17) is 4.42 Å². The van der Waals surface area contributed by atoms with Crippen LogP contribution in [-0.2, 0) is 6.42 Å². The minimum Gasteiger partial charge on any atom is -0.453 e. The van der Waals surface area contributed by atoms with Crippen LogP contribution in [0.3, 0.4) is 0 Å². The summed E-state index contributed by atoms with van der Waals surface area (Å²) in [6.45, 7) is 2.19. The number of rotatable bonds is 5. The number of hydrogen-bond acceptors (Lipinski definition) is 2. The van der Waals surface area contributed by atoms with Gasteiger partial charge in [0.2, 0.25) is 0 Å². The van der Waals surface area contributed by atoms with Gasteiger partial charge in [-0.3, -0.25) is 4.79 Å². The lowest BCUT2D eigenvalue weighted by Gasteiger charge is -2.05. The van der Waals surface area contributed by atoms with Crippen LogP contribution in [0, 0.1) is 0 Å². The van der Waals surface area contributed by atoms with Gasteiger partial charge in [0, 0.05) is 10.0 Å². The van der Waals surface area contributed by atoms with Gasteiger partial charge in [-0.15, -0.1) is 0 Å². The van der Waals surface area contributed by atoms with Crippen molar-refractivity contribution in [2.45, 2.75) is 26.2 Å². The van der Waals surface area contributed by atoms with Crippen LogP contribution < -0.4 is 0 Å². The monoisotopic (exact) mass is 306 g/mol. The summed E-state index contributed by atoms with van der Waals surface area (Å²) in [7, 11) is 0. The van der Waals surface area contributed by atoms with Crippen molar-refractivity contribution in [3.05, 3.63) is 46.1 Å². The van der Waals surface area contributed by atoms with Gasteiger partial charge in [0.15, 0.2) is 12.0 Å². The highest BCUT2D eigenvalue weighted by atomic mass is 79.9. The number of unbranched alkanes of at least 4 members (excludes halogenated alkanes) is 1. The topological polar surface area (TPSA) is 30.2 Å². The zero-order valence-corrected chi connectivity index (χ0v) is 11.9. The normalized spacial score (nSPS) is 10.6. The Balaban J connectivity index is 2.26. The first-order valence-corrected chi connectivity index (χ1v) is 6.87. The van der Waals surface area contributed by atoms with E-state index < -0.39 is 0 Å². The molecule has 0 unspecified atom stereocenters. The average molecular weight is 307 g/mol. The number of furan rings is 1. The van der Waals surface area contributed by atoms with Crippen LogP contribution in [0.2, 0.25) is 0 Å². The number of carbonyl (C=O) groups excluding carboxylic acids is 1. The second-order valence-corrected chi connectivity index (χ2v) is 5.09. The molecule has 0 bridgehead atoms. The maximum atomic E-state index is 10.6. The lowest BCUT2D eigenvalue weighted by Crippen LogP contribution is -1.86. The zero-order chi connectivity index (χ0) is 13.0. The summed E-state index contributed by atoms with van der Waals surface area (Å²) >= 11 is 3.56. The van der Waals surface area contributed by atoms with Crippen molar-refractivity contribution in [2.24, 2.45) is 0 Å². The van der Waals surface area contributed by atoms with Crippen molar-refractivity contribution >= 4 is 22.2 Å². The van der Waals surface area contributed by atoms with Crippen molar-refractivity contribution in [1.29, 1.82) is 0 Å². The maximum absolute atomic E-state index is 10.6. The predicted octanol–water partition coefficient (Wildman–Crippen LogP) is 4.86. The molecule has 0 saturated heterocycles. The third-order valence-electron chi connectivity index (χ3n) is 2.86. The van der Waals surface area contributed by atoms with E-state index in [9.17, 15) is 4.79 Å². The van der Waals surface area contributed by atoms with Gasteiger partial charge in [0.25, 0.3) is 0 Å². The van der Waals surface area contributed by atoms with Gasteiger partial charge in [0.05, 0.1) is 0 Å². The van der Waals surface area contributed by atoms with Crippen molar-refractivity contribution in [2.75, 3.05) is 0 Å². The summed E-state index contributed by atoms with van der Waals surface area (Å²) < 4.78 is 6.43. The molecule has 0 fully saturated rings. The number of aldehydes is 1. The average Bonchev–Trinajstić information content (AvgIpc) is 2.85. The first kappa shape index (κ1) is 13.1. The highest BCUT2D eigenvalue weighted by molar-refractivity contribution is 9.10. The van der Waals surface area contributed by atoms with Gasteiger partial charge in [-0.05, 0) is 42.7 Å². The largest absolute Gasteiger partial charge is 0.453 e. The lowest BCUT2D eigenvalue weighted by atomic mass is 10.1. The smallest absolute Gasteiger partial charge is 0.185 e. The molecular weight excluding hydrogens is 292 g/mol. The minimum atomic E-state index is 0.354. The zero-order valence-electron chi connectivity index (χ0n) is 10.3. The molecule has 94 valence electrons. The van der Waals surface area contributed by atoms with Crippen molar-refractivity contribution in [1.82, 2.24) is 0 Å². The molecule has 1 aromatic heterocycles. The van der Waals surface area contributed by atoms with Crippen molar-refractivity contribution in [3.63, 3.8) is 0 Å². The highest BCUT2D eigenvalue weighted by Gasteiger charge is 2.08. The SMILES string of the molecule is CCCCc1ccc(-c2ccc(C=O)o2)c(Br)c1. The molecule has 18 heavy (non-hydrogen) atoms. The van der Waals surface area contributed by atoms with E-state index in [2.05, 4.69) is 35.0 Å².